The van der Waals surface area contributed by atoms with Crippen molar-refractivity contribution in [2.45, 2.75) is 25.7 Å². The zero-order valence-corrected chi connectivity index (χ0v) is 13.6. The highest BCUT2D eigenvalue weighted by atomic mass is 32.1. The molecule has 6 nitrogen and oxygen atoms in total. The quantitative estimate of drug-likeness (QED) is 0.912. The number of rotatable bonds is 5. The number of carbonyl (C=O) groups is 2. The van der Waals surface area contributed by atoms with E-state index in [1.54, 1.807) is 17.7 Å². The Morgan fingerprint density at radius 1 is 1.39 bits per heavy atom. The summed E-state index contributed by atoms with van der Waals surface area (Å²) in [6.07, 6.45) is 5.30. The van der Waals surface area contributed by atoms with Crippen LogP contribution < -0.4 is 5.32 Å². The minimum atomic E-state index is -0.221. The van der Waals surface area contributed by atoms with Crippen LogP contribution in [-0.4, -0.2) is 41.3 Å². The molecule has 2 aromatic heterocycles. The number of nitrogens with one attached hydrogen (secondary N) is 1. The summed E-state index contributed by atoms with van der Waals surface area (Å²) in [5.74, 6) is 0.621. The number of likely N-dealkylation sites (tertiary alicyclic amines) is 1. The van der Waals surface area contributed by atoms with Crippen LogP contribution in [0.15, 0.2) is 28.2 Å². The summed E-state index contributed by atoms with van der Waals surface area (Å²) in [6, 6.07) is 3.60. The van der Waals surface area contributed by atoms with E-state index in [1.807, 2.05) is 11.0 Å². The van der Waals surface area contributed by atoms with Gasteiger partial charge in [0.05, 0.1) is 6.26 Å². The number of amides is 2. The summed E-state index contributed by atoms with van der Waals surface area (Å²) >= 11 is 1.37. The van der Waals surface area contributed by atoms with Crippen LogP contribution in [0.1, 0.15) is 36.2 Å². The Balaban J connectivity index is 1.50. The van der Waals surface area contributed by atoms with E-state index in [-0.39, 0.29) is 11.8 Å². The fourth-order valence-electron chi connectivity index (χ4n) is 2.56. The Labute approximate surface area is 138 Å². The summed E-state index contributed by atoms with van der Waals surface area (Å²) in [4.78, 5) is 30.1. The van der Waals surface area contributed by atoms with Crippen molar-refractivity contribution in [3.63, 3.8) is 0 Å². The van der Waals surface area contributed by atoms with E-state index in [1.165, 1.54) is 11.3 Å². The summed E-state index contributed by atoms with van der Waals surface area (Å²) in [7, 11) is 0. The highest BCUT2D eigenvalue weighted by molar-refractivity contribution is 7.13. The van der Waals surface area contributed by atoms with Gasteiger partial charge in [0, 0.05) is 31.4 Å². The fraction of sp³-hybridized carbons (Fsp3) is 0.438. The number of hydrogen-bond donors (Lipinski definition) is 1. The molecule has 3 heterocycles. The van der Waals surface area contributed by atoms with Crippen molar-refractivity contribution in [1.82, 2.24) is 15.2 Å². The highest BCUT2D eigenvalue weighted by Crippen LogP contribution is 2.23. The van der Waals surface area contributed by atoms with Gasteiger partial charge in [-0.1, -0.05) is 6.42 Å². The van der Waals surface area contributed by atoms with E-state index in [4.69, 9.17) is 4.42 Å². The van der Waals surface area contributed by atoms with Crippen molar-refractivity contribution < 1.29 is 14.0 Å². The maximum absolute atomic E-state index is 12.1. The molecule has 0 radical (unpaired) electrons. The number of nitrogens with zero attached hydrogens (tertiary/aromatic N) is 2. The fourth-order valence-corrected chi connectivity index (χ4v) is 3.33. The first-order valence-corrected chi connectivity index (χ1v) is 8.67. The van der Waals surface area contributed by atoms with Gasteiger partial charge in [0.2, 0.25) is 5.91 Å². The zero-order valence-electron chi connectivity index (χ0n) is 12.8. The standard InChI is InChI=1S/C16H19N3O3S/c20-14-6-2-1-3-8-19(14)9-7-17-15(21)12-11-23-16(18-12)13-5-4-10-22-13/h4-5,10-11H,1-3,6-9H2,(H,17,21). The average Bonchev–Trinajstić information content (AvgIpc) is 3.19. The van der Waals surface area contributed by atoms with Crippen LogP contribution >= 0.6 is 11.3 Å². The molecule has 2 amide bonds. The van der Waals surface area contributed by atoms with Gasteiger partial charge in [-0.3, -0.25) is 9.59 Å². The topological polar surface area (TPSA) is 75.4 Å². The van der Waals surface area contributed by atoms with Crippen LogP contribution in [0.25, 0.3) is 10.8 Å². The lowest BCUT2D eigenvalue weighted by Crippen LogP contribution is -2.38. The maximum atomic E-state index is 12.1. The van der Waals surface area contributed by atoms with Crippen LogP contribution in [0.5, 0.6) is 0 Å². The van der Waals surface area contributed by atoms with Gasteiger partial charge >= 0.3 is 0 Å². The molecular weight excluding hydrogens is 314 g/mol. The predicted octanol–water partition coefficient (Wildman–Crippen LogP) is 2.54. The van der Waals surface area contributed by atoms with Crippen LogP contribution in [0.2, 0.25) is 0 Å². The molecule has 0 aromatic carbocycles. The number of furan rings is 1. The second-order valence-electron chi connectivity index (χ2n) is 5.46. The molecule has 0 saturated carbocycles. The lowest BCUT2D eigenvalue weighted by atomic mass is 10.2. The first kappa shape index (κ1) is 15.7. The van der Waals surface area contributed by atoms with Gasteiger partial charge < -0.3 is 14.6 Å². The average molecular weight is 333 g/mol. The molecule has 7 heteroatoms. The third-order valence-electron chi connectivity index (χ3n) is 3.81. The van der Waals surface area contributed by atoms with E-state index in [9.17, 15) is 9.59 Å². The minimum Gasteiger partial charge on any atom is -0.462 e. The molecule has 1 N–H and O–H groups in total. The maximum Gasteiger partial charge on any atom is 0.270 e. The SMILES string of the molecule is O=C(NCCN1CCCCCC1=O)c1csc(-c2ccco2)n1. The zero-order chi connectivity index (χ0) is 16.1. The van der Waals surface area contributed by atoms with Crippen LogP contribution in [0.3, 0.4) is 0 Å². The molecule has 1 aliphatic rings. The molecule has 2 aromatic rings. The van der Waals surface area contributed by atoms with Crippen molar-refractivity contribution in [1.29, 1.82) is 0 Å². The van der Waals surface area contributed by atoms with E-state index in [0.717, 1.165) is 25.8 Å². The second kappa shape index (κ2) is 7.41. The Morgan fingerprint density at radius 3 is 3.13 bits per heavy atom. The van der Waals surface area contributed by atoms with Gasteiger partial charge in [0.15, 0.2) is 10.8 Å². The first-order chi connectivity index (χ1) is 11.2. The van der Waals surface area contributed by atoms with Crippen molar-refractivity contribution in [2.24, 2.45) is 0 Å². The van der Waals surface area contributed by atoms with Gasteiger partial charge in [-0.05, 0) is 25.0 Å². The molecule has 0 spiro atoms. The molecule has 0 bridgehead atoms. The van der Waals surface area contributed by atoms with Gasteiger partial charge in [0.25, 0.3) is 5.91 Å². The van der Waals surface area contributed by atoms with E-state index >= 15 is 0 Å². The third kappa shape index (κ3) is 3.98. The summed E-state index contributed by atoms with van der Waals surface area (Å²) < 4.78 is 5.27. The summed E-state index contributed by atoms with van der Waals surface area (Å²) in [6.45, 7) is 1.78. The Hall–Kier alpha value is -2.15. The molecule has 0 unspecified atom stereocenters. The number of thiazole rings is 1. The number of carbonyl (C=O) groups excluding carboxylic acids is 2. The first-order valence-electron chi connectivity index (χ1n) is 7.79. The van der Waals surface area contributed by atoms with Crippen molar-refractivity contribution in [3.05, 3.63) is 29.5 Å². The van der Waals surface area contributed by atoms with E-state index in [2.05, 4.69) is 10.3 Å². The molecule has 1 saturated heterocycles. The van der Waals surface area contributed by atoms with Crippen LogP contribution in [0.4, 0.5) is 0 Å². The molecule has 23 heavy (non-hydrogen) atoms. The number of aromatic nitrogens is 1. The largest absolute Gasteiger partial charge is 0.462 e. The smallest absolute Gasteiger partial charge is 0.270 e. The lowest BCUT2D eigenvalue weighted by Gasteiger charge is -2.20. The minimum absolute atomic E-state index is 0.186. The third-order valence-corrected chi connectivity index (χ3v) is 4.66. The van der Waals surface area contributed by atoms with E-state index in [0.29, 0.717) is 36.0 Å². The normalized spacial score (nSPS) is 15.5. The molecule has 0 aliphatic carbocycles. The molecular formula is C16H19N3O3S. The Kier molecular flexibility index (Phi) is 5.07. The molecule has 3 rings (SSSR count). The van der Waals surface area contributed by atoms with Crippen molar-refractivity contribution in [3.8, 4) is 10.8 Å². The second-order valence-corrected chi connectivity index (χ2v) is 6.32. The van der Waals surface area contributed by atoms with Gasteiger partial charge in [-0.15, -0.1) is 11.3 Å². The summed E-state index contributed by atoms with van der Waals surface area (Å²) in [5.41, 5.74) is 0.378. The van der Waals surface area contributed by atoms with Gasteiger partial charge in [-0.25, -0.2) is 4.98 Å². The molecule has 0 atom stereocenters. The van der Waals surface area contributed by atoms with E-state index < -0.39 is 0 Å². The van der Waals surface area contributed by atoms with Crippen molar-refractivity contribution >= 4 is 23.2 Å². The molecule has 122 valence electrons. The lowest BCUT2D eigenvalue weighted by molar-refractivity contribution is -0.130. The van der Waals surface area contributed by atoms with Crippen molar-refractivity contribution in [2.75, 3.05) is 19.6 Å². The highest BCUT2D eigenvalue weighted by Gasteiger charge is 2.17. The monoisotopic (exact) mass is 333 g/mol. The van der Waals surface area contributed by atoms with Crippen LogP contribution in [0, 0.1) is 0 Å². The molecule has 1 aliphatic heterocycles. The van der Waals surface area contributed by atoms with Gasteiger partial charge in [-0.2, -0.15) is 0 Å². The predicted molar refractivity (Wildman–Crippen MR) is 87.2 cm³/mol. The Morgan fingerprint density at radius 2 is 2.30 bits per heavy atom. The van der Waals surface area contributed by atoms with Crippen LogP contribution in [-0.2, 0) is 4.79 Å². The summed E-state index contributed by atoms with van der Waals surface area (Å²) in [5, 5.41) is 5.22. The Bertz CT molecular complexity index is 666. The molecule has 1 fully saturated rings. The van der Waals surface area contributed by atoms with Gasteiger partial charge in [0.1, 0.15) is 5.69 Å². The number of hydrogen-bond acceptors (Lipinski definition) is 5.